The highest BCUT2D eigenvalue weighted by atomic mass is 16.5. The third-order valence-corrected chi connectivity index (χ3v) is 3.35. The van der Waals surface area contributed by atoms with Crippen LogP contribution >= 0.6 is 0 Å². The fraction of sp³-hybridized carbons (Fsp3) is 0.500. The molecular weight excluding hydrogens is 188 g/mol. The SMILES string of the molecule is NNC(c1cccc2c1OCC2)C1CC1. The minimum Gasteiger partial charge on any atom is -0.493 e. The predicted octanol–water partition coefficient (Wildman–Crippen LogP) is 1.54. The number of hydrogen-bond acceptors (Lipinski definition) is 3. The molecule has 80 valence electrons. The van der Waals surface area contributed by atoms with Gasteiger partial charge in [-0.2, -0.15) is 0 Å². The number of hydrogen-bond donors (Lipinski definition) is 2. The number of nitrogens with two attached hydrogens (primary N) is 1. The molecule has 1 fully saturated rings. The van der Waals surface area contributed by atoms with Crippen LogP contribution in [0.25, 0.3) is 0 Å². The van der Waals surface area contributed by atoms with Gasteiger partial charge < -0.3 is 4.74 Å². The molecule has 1 saturated carbocycles. The number of benzene rings is 1. The van der Waals surface area contributed by atoms with Crippen molar-refractivity contribution >= 4 is 0 Å². The monoisotopic (exact) mass is 204 g/mol. The third kappa shape index (κ3) is 1.52. The van der Waals surface area contributed by atoms with Crippen LogP contribution in [0.15, 0.2) is 18.2 Å². The maximum absolute atomic E-state index is 5.69. The highest BCUT2D eigenvalue weighted by Gasteiger charge is 2.34. The smallest absolute Gasteiger partial charge is 0.127 e. The fourth-order valence-electron chi connectivity index (χ4n) is 2.39. The first-order chi connectivity index (χ1) is 7.40. The topological polar surface area (TPSA) is 47.3 Å². The Bertz CT molecular complexity index is 374. The van der Waals surface area contributed by atoms with Crippen molar-refractivity contribution in [2.24, 2.45) is 11.8 Å². The average Bonchev–Trinajstić information content (AvgIpc) is 2.97. The minimum atomic E-state index is 0.276. The van der Waals surface area contributed by atoms with Gasteiger partial charge in [-0.3, -0.25) is 11.3 Å². The van der Waals surface area contributed by atoms with E-state index in [1.165, 1.54) is 24.0 Å². The number of nitrogens with one attached hydrogen (secondary N) is 1. The van der Waals surface area contributed by atoms with E-state index < -0.39 is 0 Å². The van der Waals surface area contributed by atoms with E-state index in [4.69, 9.17) is 10.6 Å². The Morgan fingerprint density at radius 1 is 1.40 bits per heavy atom. The second kappa shape index (κ2) is 3.51. The van der Waals surface area contributed by atoms with E-state index in [1.807, 2.05) is 0 Å². The Hall–Kier alpha value is -1.06. The first kappa shape index (κ1) is 9.19. The second-order valence-electron chi connectivity index (χ2n) is 4.42. The van der Waals surface area contributed by atoms with Crippen molar-refractivity contribution in [3.8, 4) is 5.75 Å². The normalized spacial score (nSPS) is 20.9. The summed E-state index contributed by atoms with van der Waals surface area (Å²) < 4.78 is 5.69. The van der Waals surface area contributed by atoms with E-state index in [-0.39, 0.29) is 6.04 Å². The number of hydrazine groups is 1. The van der Waals surface area contributed by atoms with Crippen LogP contribution in [0.5, 0.6) is 5.75 Å². The van der Waals surface area contributed by atoms with Gasteiger partial charge in [0.1, 0.15) is 5.75 Å². The van der Waals surface area contributed by atoms with Crippen molar-refractivity contribution in [1.29, 1.82) is 0 Å². The van der Waals surface area contributed by atoms with Crippen molar-refractivity contribution in [1.82, 2.24) is 5.43 Å². The van der Waals surface area contributed by atoms with Gasteiger partial charge in [-0.25, -0.2) is 0 Å². The Labute approximate surface area is 89.6 Å². The summed E-state index contributed by atoms with van der Waals surface area (Å²) >= 11 is 0. The zero-order chi connectivity index (χ0) is 10.3. The van der Waals surface area contributed by atoms with Crippen molar-refractivity contribution < 1.29 is 4.74 Å². The molecule has 0 bridgehead atoms. The summed E-state index contributed by atoms with van der Waals surface area (Å²) in [6, 6.07) is 6.66. The summed E-state index contributed by atoms with van der Waals surface area (Å²) in [5, 5.41) is 0. The van der Waals surface area contributed by atoms with Crippen LogP contribution in [0, 0.1) is 5.92 Å². The van der Waals surface area contributed by atoms with Gasteiger partial charge in [0, 0.05) is 12.0 Å². The van der Waals surface area contributed by atoms with Gasteiger partial charge in [0.25, 0.3) is 0 Å². The molecule has 1 heterocycles. The molecule has 0 saturated heterocycles. The molecule has 1 atom stereocenters. The first-order valence-corrected chi connectivity index (χ1v) is 5.61. The molecule has 3 N–H and O–H groups in total. The molecule has 0 spiro atoms. The van der Waals surface area contributed by atoms with Gasteiger partial charge >= 0.3 is 0 Å². The van der Waals surface area contributed by atoms with Gasteiger partial charge in [-0.1, -0.05) is 18.2 Å². The molecule has 1 aliphatic heterocycles. The summed E-state index contributed by atoms with van der Waals surface area (Å²) in [4.78, 5) is 0. The van der Waals surface area contributed by atoms with Crippen LogP contribution in [0.4, 0.5) is 0 Å². The Balaban J connectivity index is 1.99. The van der Waals surface area contributed by atoms with Crippen molar-refractivity contribution in [2.75, 3.05) is 6.61 Å². The van der Waals surface area contributed by atoms with Crippen LogP contribution in [0.2, 0.25) is 0 Å². The van der Waals surface area contributed by atoms with Crippen LogP contribution < -0.4 is 16.0 Å². The van der Waals surface area contributed by atoms with Crippen LogP contribution in [-0.4, -0.2) is 6.61 Å². The molecule has 1 aliphatic carbocycles. The van der Waals surface area contributed by atoms with Crippen LogP contribution in [-0.2, 0) is 6.42 Å². The van der Waals surface area contributed by atoms with Crippen molar-refractivity contribution in [3.63, 3.8) is 0 Å². The van der Waals surface area contributed by atoms with Gasteiger partial charge in [-0.15, -0.1) is 0 Å². The number of fused-ring (bicyclic) bond motifs is 1. The summed E-state index contributed by atoms with van der Waals surface area (Å²) in [5.41, 5.74) is 5.50. The maximum atomic E-state index is 5.69. The fourth-order valence-corrected chi connectivity index (χ4v) is 2.39. The lowest BCUT2D eigenvalue weighted by Gasteiger charge is -2.18. The number of para-hydroxylation sites is 1. The zero-order valence-corrected chi connectivity index (χ0v) is 8.70. The minimum absolute atomic E-state index is 0.276. The number of ether oxygens (including phenoxy) is 1. The van der Waals surface area contributed by atoms with Gasteiger partial charge in [0.15, 0.2) is 0 Å². The highest BCUT2D eigenvalue weighted by molar-refractivity contribution is 5.46. The third-order valence-electron chi connectivity index (χ3n) is 3.35. The van der Waals surface area contributed by atoms with E-state index in [1.54, 1.807) is 0 Å². The standard InChI is InChI=1S/C12H16N2O/c13-14-11(8-4-5-8)10-3-1-2-9-6-7-15-12(9)10/h1-3,8,11,14H,4-7,13H2. The van der Waals surface area contributed by atoms with Crippen molar-refractivity contribution in [3.05, 3.63) is 29.3 Å². The molecule has 1 unspecified atom stereocenters. The van der Waals surface area contributed by atoms with E-state index in [9.17, 15) is 0 Å². The quantitative estimate of drug-likeness (QED) is 0.580. The summed E-state index contributed by atoms with van der Waals surface area (Å²) in [7, 11) is 0. The van der Waals surface area contributed by atoms with Crippen LogP contribution in [0.1, 0.15) is 30.0 Å². The molecule has 2 aliphatic rings. The van der Waals surface area contributed by atoms with Gasteiger partial charge in [-0.05, 0) is 24.3 Å². The Morgan fingerprint density at radius 3 is 3.00 bits per heavy atom. The second-order valence-corrected chi connectivity index (χ2v) is 4.42. The molecule has 15 heavy (non-hydrogen) atoms. The van der Waals surface area contributed by atoms with E-state index in [0.29, 0.717) is 5.92 Å². The lowest BCUT2D eigenvalue weighted by molar-refractivity contribution is 0.345. The first-order valence-electron chi connectivity index (χ1n) is 5.61. The molecule has 0 radical (unpaired) electrons. The molecule has 0 aromatic heterocycles. The largest absolute Gasteiger partial charge is 0.493 e. The lowest BCUT2D eigenvalue weighted by atomic mass is 9.99. The molecular formula is C12H16N2O. The van der Waals surface area contributed by atoms with Gasteiger partial charge in [0.05, 0.1) is 12.6 Å². The maximum Gasteiger partial charge on any atom is 0.127 e. The van der Waals surface area contributed by atoms with Crippen LogP contribution in [0.3, 0.4) is 0 Å². The summed E-state index contributed by atoms with van der Waals surface area (Å²) in [5.74, 6) is 7.41. The molecule has 3 nitrogen and oxygen atoms in total. The average molecular weight is 204 g/mol. The zero-order valence-electron chi connectivity index (χ0n) is 8.70. The molecule has 1 aromatic carbocycles. The molecule has 3 heteroatoms. The Kier molecular flexibility index (Phi) is 2.15. The van der Waals surface area contributed by atoms with E-state index in [0.717, 1.165) is 18.8 Å². The summed E-state index contributed by atoms with van der Waals surface area (Å²) in [6.45, 7) is 0.814. The highest BCUT2D eigenvalue weighted by Crippen LogP contribution is 2.44. The lowest BCUT2D eigenvalue weighted by Crippen LogP contribution is -2.29. The molecule has 0 amide bonds. The molecule has 1 aromatic rings. The van der Waals surface area contributed by atoms with Crippen molar-refractivity contribution in [2.45, 2.75) is 25.3 Å². The number of rotatable bonds is 3. The molecule has 3 rings (SSSR count). The summed E-state index contributed by atoms with van der Waals surface area (Å²) in [6.07, 6.45) is 3.59. The predicted molar refractivity (Wildman–Crippen MR) is 58.4 cm³/mol. The Morgan fingerprint density at radius 2 is 2.27 bits per heavy atom. The van der Waals surface area contributed by atoms with E-state index in [2.05, 4.69) is 23.6 Å². The van der Waals surface area contributed by atoms with E-state index >= 15 is 0 Å². The van der Waals surface area contributed by atoms with Gasteiger partial charge in [0.2, 0.25) is 0 Å².